The number of carboxylic acid groups (broad SMARTS) is 1. The van der Waals surface area contributed by atoms with Gasteiger partial charge in [-0.15, -0.1) is 0 Å². The Morgan fingerprint density at radius 1 is 1.29 bits per heavy atom. The van der Waals surface area contributed by atoms with Gasteiger partial charge in [-0.1, -0.05) is 37.0 Å². The lowest BCUT2D eigenvalue weighted by molar-refractivity contribution is -0.137. The average Bonchev–Trinajstić information content (AvgIpc) is 2.38. The fourth-order valence-electron chi connectivity index (χ4n) is 1.59. The van der Waals surface area contributed by atoms with Crippen LogP contribution in [0.25, 0.3) is 0 Å². The molecule has 0 aliphatic heterocycles. The van der Waals surface area contributed by atoms with Crippen molar-refractivity contribution in [2.24, 2.45) is 5.92 Å². The number of rotatable bonds is 5. The summed E-state index contributed by atoms with van der Waals surface area (Å²) >= 11 is 15.2. The average molecular weight is 398 g/mol. The summed E-state index contributed by atoms with van der Waals surface area (Å²) in [6, 6.07) is 2.24. The summed E-state index contributed by atoms with van der Waals surface area (Å²) in [7, 11) is 0. The number of urea groups is 1. The highest BCUT2D eigenvalue weighted by Crippen LogP contribution is 2.35. The molecule has 1 aromatic carbocycles. The number of carboxylic acids is 1. The molecule has 21 heavy (non-hydrogen) atoms. The first kappa shape index (κ1) is 18.1. The predicted octanol–water partition coefficient (Wildman–Crippen LogP) is 4.38. The molecule has 1 atom stereocenters. The Hall–Kier alpha value is -0.980. The molecule has 0 radical (unpaired) electrons. The molecule has 1 unspecified atom stereocenters. The normalized spacial score (nSPS) is 12.1. The molecule has 0 saturated carbocycles. The number of carbonyl (C=O) groups excluding carboxylic acids is 1. The van der Waals surface area contributed by atoms with Crippen molar-refractivity contribution in [2.45, 2.75) is 26.3 Å². The van der Waals surface area contributed by atoms with Crippen molar-refractivity contribution < 1.29 is 14.7 Å². The third-order valence-electron chi connectivity index (χ3n) is 2.80. The summed E-state index contributed by atoms with van der Waals surface area (Å²) in [5.41, 5.74) is 0.347. The summed E-state index contributed by atoms with van der Waals surface area (Å²) in [6.45, 7) is 3.66. The van der Waals surface area contributed by atoms with Gasteiger partial charge in [-0.05, 0) is 34.0 Å². The summed E-state index contributed by atoms with van der Waals surface area (Å²) in [4.78, 5) is 22.7. The zero-order valence-electron chi connectivity index (χ0n) is 11.4. The highest BCUT2D eigenvalue weighted by atomic mass is 79.9. The topological polar surface area (TPSA) is 78.4 Å². The first-order valence-corrected chi connectivity index (χ1v) is 7.70. The number of aliphatic carboxylic acids is 1. The van der Waals surface area contributed by atoms with Gasteiger partial charge in [0.05, 0.1) is 22.2 Å². The molecular formula is C13H15BrCl2N2O3. The fourth-order valence-corrected chi connectivity index (χ4v) is 2.41. The molecule has 0 aliphatic carbocycles. The summed E-state index contributed by atoms with van der Waals surface area (Å²) < 4.78 is 0.617. The van der Waals surface area contributed by atoms with Gasteiger partial charge in [0.25, 0.3) is 0 Å². The third-order valence-corrected chi connectivity index (χ3v) is 4.57. The molecule has 2 amide bonds. The van der Waals surface area contributed by atoms with Crippen LogP contribution in [0.5, 0.6) is 0 Å². The Balaban J connectivity index is 2.77. The van der Waals surface area contributed by atoms with Gasteiger partial charge in [-0.2, -0.15) is 0 Å². The molecule has 0 aliphatic rings. The first-order chi connectivity index (χ1) is 9.72. The Morgan fingerprint density at radius 3 is 2.43 bits per heavy atom. The number of carbonyl (C=O) groups is 2. The van der Waals surface area contributed by atoms with Crippen molar-refractivity contribution in [3.63, 3.8) is 0 Å². The monoisotopic (exact) mass is 396 g/mol. The van der Waals surface area contributed by atoms with Gasteiger partial charge >= 0.3 is 12.0 Å². The van der Waals surface area contributed by atoms with Crippen LogP contribution in [0, 0.1) is 5.92 Å². The SMILES string of the molecule is CC(C)C(CC(=O)O)NC(=O)Nc1ccc(Br)c(Cl)c1Cl. The number of anilines is 1. The highest BCUT2D eigenvalue weighted by molar-refractivity contribution is 9.10. The van der Waals surface area contributed by atoms with Crippen LogP contribution in [-0.4, -0.2) is 23.1 Å². The largest absolute Gasteiger partial charge is 0.481 e. The van der Waals surface area contributed by atoms with Gasteiger partial charge < -0.3 is 15.7 Å². The van der Waals surface area contributed by atoms with E-state index in [1.807, 2.05) is 13.8 Å². The van der Waals surface area contributed by atoms with Gasteiger partial charge in [0.1, 0.15) is 0 Å². The molecule has 0 saturated heterocycles. The minimum Gasteiger partial charge on any atom is -0.481 e. The zero-order valence-corrected chi connectivity index (χ0v) is 14.5. The second-order valence-electron chi connectivity index (χ2n) is 4.77. The lowest BCUT2D eigenvalue weighted by atomic mass is 10.0. The van der Waals surface area contributed by atoms with Gasteiger partial charge in [0, 0.05) is 10.5 Å². The van der Waals surface area contributed by atoms with E-state index in [0.29, 0.717) is 15.2 Å². The van der Waals surface area contributed by atoms with Gasteiger partial charge in [0.2, 0.25) is 0 Å². The quantitative estimate of drug-likeness (QED) is 0.645. The van der Waals surface area contributed by atoms with Crippen molar-refractivity contribution in [1.82, 2.24) is 5.32 Å². The van der Waals surface area contributed by atoms with E-state index >= 15 is 0 Å². The fraction of sp³-hybridized carbons (Fsp3) is 0.385. The Kier molecular flexibility index (Phi) is 6.77. The van der Waals surface area contributed by atoms with Crippen LogP contribution < -0.4 is 10.6 Å². The van der Waals surface area contributed by atoms with Gasteiger partial charge in [-0.25, -0.2) is 4.79 Å². The Bertz CT molecular complexity index is 552. The number of hydrogen-bond donors (Lipinski definition) is 3. The molecule has 0 aromatic heterocycles. The molecule has 3 N–H and O–H groups in total. The first-order valence-electron chi connectivity index (χ1n) is 6.15. The molecule has 1 rings (SSSR count). The maximum atomic E-state index is 11.9. The molecule has 0 heterocycles. The molecule has 8 heteroatoms. The van der Waals surface area contributed by atoms with Crippen LogP contribution in [0.3, 0.4) is 0 Å². The second-order valence-corrected chi connectivity index (χ2v) is 6.38. The van der Waals surface area contributed by atoms with E-state index in [-0.39, 0.29) is 17.4 Å². The minimum atomic E-state index is -0.973. The number of nitrogens with one attached hydrogen (secondary N) is 2. The lowest BCUT2D eigenvalue weighted by Crippen LogP contribution is -2.42. The maximum absolute atomic E-state index is 11.9. The zero-order chi connectivity index (χ0) is 16.2. The maximum Gasteiger partial charge on any atom is 0.319 e. The number of amides is 2. The van der Waals surface area contributed by atoms with Crippen LogP contribution in [0.15, 0.2) is 16.6 Å². The van der Waals surface area contributed by atoms with Crippen molar-refractivity contribution in [1.29, 1.82) is 0 Å². The highest BCUT2D eigenvalue weighted by Gasteiger charge is 2.20. The molecule has 1 aromatic rings. The summed E-state index contributed by atoms with van der Waals surface area (Å²) in [5.74, 6) is -0.991. The van der Waals surface area contributed by atoms with Crippen LogP contribution in [0.4, 0.5) is 10.5 Å². The van der Waals surface area contributed by atoms with Crippen LogP contribution in [-0.2, 0) is 4.79 Å². The lowest BCUT2D eigenvalue weighted by Gasteiger charge is -2.21. The standard InChI is InChI=1S/C13H15BrCl2N2O3/c1-6(2)9(5-10(19)20)18-13(21)17-8-4-3-7(14)11(15)12(8)16/h3-4,6,9H,5H2,1-2H3,(H,19,20)(H2,17,18,21). The van der Waals surface area contributed by atoms with E-state index < -0.39 is 18.0 Å². The van der Waals surface area contributed by atoms with Gasteiger partial charge in [-0.3, -0.25) is 4.79 Å². The Labute approximate surface area is 141 Å². The van der Waals surface area contributed by atoms with E-state index in [9.17, 15) is 9.59 Å². The Morgan fingerprint density at radius 2 is 1.90 bits per heavy atom. The smallest absolute Gasteiger partial charge is 0.319 e. The molecule has 0 spiro atoms. The van der Waals surface area contributed by atoms with E-state index in [4.69, 9.17) is 28.3 Å². The van der Waals surface area contributed by atoms with E-state index in [1.165, 1.54) is 0 Å². The van der Waals surface area contributed by atoms with Crippen LogP contribution in [0.1, 0.15) is 20.3 Å². The van der Waals surface area contributed by atoms with Crippen molar-refractivity contribution in [3.05, 3.63) is 26.7 Å². The van der Waals surface area contributed by atoms with E-state index in [0.717, 1.165) is 0 Å². The molecule has 0 fully saturated rings. The predicted molar refractivity (Wildman–Crippen MR) is 87.2 cm³/mol. The molecule has 0 bridgehead atoms. The minimum absolute atomic E-state index is 0.0178. The number of halogens is 3. The van der Waals surface area contributed by atoms with Crippen molar-refractivity contribution in [2.75, 3.05) is 5.32 Å². The van der Waals surface area contributed by atoms with Gasteiger partial charge in [0.15, 0.2) is 0 Å². The molecule has 116 valence electrons. The summed E-state index contributed by atoms with van der Waals surface area (Å²) in [6.07, 6.45) is -0.153. The number of benzene rings is 1. The molecular weight excluding hydrogens is 383 g/mol. The van der Waals surface area contributed by atoms with Crippen LogP contribution in [0.2, 0.25) is 10.0 Å². The number of hydrogen-bond acceptors (Lipinski definition) is 2. The van der Waals surface area contributed by atoms with E-state index in [2.05, 4.69) is 26.6 Å². The van der Waals surface area contributed by atoms with Crippen LogP contribution >= 0.6 is 39.1 Å². The van der Waals surface area contributed by atoms with Crippen molar-refractivity contribution in [3.8, 4) is 0 Å². The summed E-state index contributed by atoms with van der Waals surface area (Å²) in [5, 5.41) is 14.5. The molecule has 5 nitrogen and oxygen atoms in total. The van der Waals surface area contributed by atoms with Crippen molar-refractivity contribution >= 4 is 56.8 Å². The third kappa shape index (κ3) is 5.37. The van der Waals surface area contributed by atoms with E-state index in [1.54, 1.807) is 12.1 Å². The second kappa shape index (κ2) is 7.87.